The fourth-order valence-electron chi connectivity index (χ4n) is 2.23. The van der Waals surface area contributed by atoms with Gasteiger partial charge in [-0.05, 0) is 50.2 Å². The van der Waals surface area contributed by atoms with E-state index in [2.05, 4.69) is 25.8 Å². The summed E-state index contributed by atoms with van der Waals surface area (Å²) in [4.78, 5) is 16.7. The number of rotatable bonds is 5. The lowest BCUT2D eigenvalue weighted by Crippen LogP contribution is -2.13. The number of nitrogens with zero attached hydrogens (tertiary/aromatic N) is 1. The number of aliphatic imine (C=N–C) groups is 1. The molecule has 3 nitrogen and oxygen atoms in total. The third-order valence-electron chi connectivity index (χ3n) is 3.82. The minimum Gasteiger partial charge on any atom is -0.402 e. The summed E-state index contributed by atoms with van der Waals surface area (Å²) in [7, 11) is 0. The van der Waals surface area contributed by atoms with Crippen molar-refractivity contribution in [3.8, 4) is 0 Å². The van der Waals surface area contributed by atoms with Gasteiger partial charge in [0.1, 0.15) is 5.71 Å². The van der Waals surface area contributed by atoms with Gasteiger partial charge in [-0.25, -0.2) is 4.99 Å². The zero-order valence-corrected chi connectivity index (χ0v) is 12.8. The molecule has 0 saturated heterocycles. The predicted octanol–water partition coefficient (Wildman–Crippen LogP) is 3.75. The maximum atomic E-state index is 12.1. The monoisotopic (exact) mass is 262 g/mol. The van der Waals surface area contributed by atoms with Crippen molar-refractivity contribution < 1.29 is 4.79 Å². The highest BCUT2D eigenvalue weighted by molar-refractivity contribution is 6.44. The van der Waals surface area contributed by atoms with Crippen LogP contribution in [0.15, 0.2) is 28.0 Å². The van der Waals surface area contributed by atoms with Crippen LogP contribution in [0.3, 0.4) is 0 Å². The van der Waals surface area contributed by atoms with Gasteiger partial charge in [-0.2, -0.15) is 0 Å². The number of nitrogens with two attached hydrogens (primary N) is 1. The predicted molar refractivity (Wildman–Crippen MR) is 81.0 cm³/mol. The minimum absolute atomic E-state index is 0.0808. The summed E-state index contributed by atoms with van der Waals surface area (Å²) in [5.41, 5.74) is 9.37. The number of carbonyl (C=O) groups excluding carboxylic acids is 1. The molecule has 0 fully saturated rings. The maximum absolute atomic E-state index is 12.1. The second-order valence-electron chi connectivity index (χ2n) is 6.01. The van der Waals surface area contributed by atoms with Crippen LogP contribution in [0, 0.1) is 5.41 Å². The Balaban J connectivity index is 3.12. The summed E-state index contributed by atoms with van der Waals surface area (Å²) in [6.45, 7) is 10.4. The zero-order chi connectivity index (χ0) is 14.6. The average molecular weight is 262 g/mol. The molecule has 0 aliphatic heterocycles. The molecule has 0 saturated carbocycles. The SMILES string of the molecule is CCCC(=O)C(C=C(C)N)=NC1=C(C)C(C)(C)CC1. The number of Topliss-reactive ketones (excluding diaryl/α,β-unsaturated/α-hetero) is 1. The van der Waals surface area contributed by atoms with Crippen LogP contribution in [0.4, 0.5) is 0 Å². The molecule has 19 heavy (non-hydrogen) atoms. The van der Waals surface area contributed by atoms with Crippen LogP contribution in [0.1, 0.15) is 60.3 Å². The number of hydrogen-bond donors (Lipinski definition) is 1. The number of hydrogen-bond acceptors (Lipinski definition) is 3. The highest BCUT2D eigenvalue weighted by Crippen LogP contribution is 2.42. The molecule has 0 spiro atoms. The van der Waals surface area contributed by atoms with Crippen molar-refractivity contribution in [3.63, 3.8) is 0 Å². The molecule has 2 N–H and O–H groups in total. The van der Waals surface area contributed by atoms with E-state index in [1.807, 2.05) is 6.92 Å². The van der Waals surface area contributed by atoms with E-state index in [1.165, 1.54) is 5.57 Å². The molecule has 1 aliphatic carbocycles. The van der Waals surface area contributed by atoms with E-state index in [0.29, 0.717) is 17.8 Å². The molecule has 1 rings (SSSR count). The Morgan fingerprint density at radius 1 is 1.47 bits per heavy atom. The van der Waals surface area contributed by atoms with Crippen LogP contribution in [0.5, 0.6) is 0 Å². The molecule has 0 amide bonds. The molecule has 106 valence electrons. The lowest BCUT2D eigenvalue weighted by Gasteiger charge is -2.18. The van der Waals surface area contributed by atoms with E-state index < -0.39 is 0 Å². The summed E-state index contributed by atoms with van der Waals surface area (Å²) >= 11 is 0. The van der Waals surface area contributed by atoms with Crippen molar-refractivity contribution in [2.45, 2.75) is 60.3 Å². The summed E-state index contributed by atoms with van der Waals surface area (Å²) in [6, 6.07) is 0. The first-order valence-corrected chi connectivity index (χ1v) is 7.04. The molecule has 1 aliphatic rings. The second kappa shape index (κ2) is 6.18. The van der Waals surface area contributed by atoms with Gasteiger partial charge in [-0.3, -0.25) is 4.79 Å². The van der Waals surface area contributed by atoms with Gasteiger partial charge in [0.25, 0.3) is 0 Å². The van der Waals surface area contributed by atoms with E-state index in [9.17, 15) is 4.79 Å². The number of ketones is 1. The van der Waals surface area contributed by atoms with E-state index in [1.54, 1.807) is 13.0 Å². The van der Waals surface area contributed by atoms with Crippen LogP contribution in [0.2, 0.25) is 0 Å². The van der Waals surface area contributed by atoms with Gasteiger partial charge in [0.2, 0.25) is 0 Å². The van der Waals surface area contributed by atoms with E-state index >= 15 is 0 Å². The summed E-state index contributed by atoms with van der Waals surface area (Å²) in [5, 5.41) is 0. The molecule has 3 heteroatoms. The largest absolute Gasteiger partial charge is 0.402 e. The first-order chi connectivity index (χ1) is 8.77. The van der Waals surface area contributed by atoms with Gasteiger partial charge in [0, 0.05) is 17.8 Å². The smallest absolute Gasteiger partial charge is 0.181 e. The molecule has 0 radical (unpaired) electrons. The molecule has 0 heterocycles. The standard InChI is InChI=1S/C16H26N2O/c1-6-7-15(19)14(10-11(2)17)18-13-8-9-16(4,5)12(13)3/h10H,6-9,17H2,1-5H3. The van der Waals surface area contributed by atoms with Crippen LogP contribution in [-0.4, -0.2) is 11.5 Å². The van der Waals surface area contributed by atoms with Crippen molar-refractivity contribution in [3.05, 3.63) is 23.0 Å². The fourth-order valence-corrected chi connectivity index (χ4v) is 2.23. The quantitative estimate of drug-likeness (QED) is 0.767. The molecule has 0 aromatic heterocycles. The van der Waals surface area contributed by atoms with Gasteiger partial charge in [0.15, 0.2) is 5.78 Å². The highest BCUT2D eigenvalue weighted by Gasteiger charge is 2.29. The topological polar surface area (TPSA) is 55.5 Å². The third-order valence-corrected chi connectivity index (χ3v) is 3.82. The van der Waals surface area contributed by atoms with Crippen molar-refractivity contribution >= 4 is 11.5 Å². The molecule has 0 bridgehead atoms. The highest BCUT2D eigenvalue weighted by atomic mass is 16.1. The normalized spacial score (nSPS) is 20.1. The van der Waals surface area contributed by atoms with E-state index in [4.69, 9.17) is 5.73 Å². The average Bonchev–Trinajstić information content (AvgIpc) is 2.55. The molecular weight excluding hydrogens is 236 g/mol. The number of carbonyl (C=O) groups is 1. The fraction of sp³-hybridized carbons (Fsp3) is 0.625. The first-order valence-electron chi connectivity index (χ1n) is 7.04. The molecule has 0 aromatic rings. The molecule has 0 atom stereocenters. The van der Waals surface area contributed by atoms with Crippen LogP contribution < -0.4 is 5.73 Å². The summed E-state index contributed by atoms with van der Waals surface area (Å²) < 4.78 is 0. The Hall–Kier alpha value is -1.38. The van der Waals surface area contributed by atoms with Gasteiger partial charge in [0.05, 0.1) is 0 Å². The van der Waals surface area contributed by atoms with Gasteiger partial charge in [-0.15, -0.1) is 0 Å². The lowest BCUT2D eigenvalue weighted by atomic mass is 9.87. The van der Waals surface area contributed by atoms with E-state index in [0.717, 1.165) is 25.0 Å². The van der Waals surface area contributed by atoms with Crippen LogP contribution in [0.25, 0.3) is 0 Å². The minimum atomic E-state index is 0.0808. The van der Waals surface area contributed by atoms with Crippen LogP contribution in [-0.2, 0) is 4.79 Å². The third kappa shape index (κ3) is 4.05. The van der Waals surface area contributed by atoms with E-state index in [-0.39, 0.29) is 11.2 Å². The van der Waals surface area contributed by atoms with Gasteiger partial charge >= 0.3 is 0 Å². The second-order valence-corrected chi connectivity index (χ2v) is 6.01. The first kappa shape index (κ1) is 15.7. The Morgan fingerprint density at radius 2 is 2.11 bits per heavy atom. The van der Waals surface area contributed by atoms with Crippen molar-refractivity contribution in [2.75, 3.05) is 0 Å². The Bertz CT molecular complexity index is 449. The van der Waals surface area contributed by atoms with Crippen molar-refractivity contribution in [1.29, 1.82) is 0 Å². The molecule has 0 unspecified atom stereocenters. The van der Waals surface area contributed by atoms with Gasteiger partial charge in [-0.1, -0.05) is 20.8 Å². The molecule has 0 aromatic carbocycles. The zero-order valence-electron chi connectivity index (χ0n) is 12.8. The summed E-state index contributed by atoms with van der Waals surface area (Å²) in [5.74, 6) is 0.0808. The molecular formula is C16H26N2O. The number of allylic oxidation sites excluding steroid dienone is 4. The maximum Gasteiger partial charge on any atom is 0.181 e. The van der Waals surface area contributed by atoms with Crippen molar-refractivity contribution in [1.82, 2.24) is 0 Å². The Morgan fingerprint density at radius 3 is 2.53 bits per heavy atom. The van der Waals surface area contributed by atoms with Gasteiger partial charge < -0.3 is 5.73 Å². The Labute approximate surface area is 116 Å². The Kier molecular flexibility index (Phi) is 5.10. The van der Waals surface area contributed by atoms with Crippen LogP contribution >= 0.6 is 0 Å². The summed E-state index contributed by atoms with van der Waals surface area (Å²) in [6.07, 6.45) is 5.10. The van der Waals surface area contributed by atoms with Crippen molar-refractivity contribution in [2.24, 2.45) is 16.1 Å². The lowest BCUT2D eigenvalue weighted by molar-refractivity contribution is -0.112.